The third-order valence-corrected chi connectivity index (χ3v) is 2.38. The van der Waals surface area contributed by atoms with Crippen LogP contribution in [0.25, 0.3) is 0 Å². The highest BCUT2D eigenvalue weighted by Gasteiger charge is 2.26. The van der Waals surface area contributed by atoms with Gasteiger partial charge >= 0.3 is 0 Å². The van der Waals surface area contributed by atoms with E-state index in [1.54, 1.807) is 27.7 Å². The second-order valence-electron chi connectivity index (χ2n) is 4.62. The monoisotopic (exact) mass is 214 g/mol. The first kappa shape index (κ1) is 12.0. The van der Waals surface area contributed by atoms with Crippen LogP contribution in [-0.2, 0) is 5.41 Å². The molecule has 3 heteroatoms. The molecule has 0 spiro atoms. The first-order valence-corrected chi connectivity index (χ1v) is 4.82. The Labute approximate surface area is 89.1 Å². The molecule has 1 aromatic carbocycles. The number of benzene rings is 1. The molecule has 1 aromatic rings. The molecule has 0 saturated heterocycles. The summed E-state index contributed by atoms with van der Waals surface area (Å²) in [6.07, 6.45) is 0. The second-order valence-corrected chi connectivity index (χ2v) is 4.62. The molecule has 0 aromatic heterocycles. The molecular weight excluding hydrogens is 198 g/mol. The summed E-state index contributed by atoms with van der Waals surface area (Å²) >= 11 is 0. The summed E-state index contributed by atoms with van der Waals surface area (Å²) in [5.74, 6) is -0.820. The molecule has 0 amide bonds. The van der Waals surface area contributed by atoms with Crippen molar-refractivity contribution >= 4 is 0 Å². The van der Waals surface area contributed by atoms with Gasteiger partial charge in [-0.3, -0.25) is 0 Å². The Morgan fingerprint density at radius 3 is 2.13 bits per heavy atom. The molecule has 84 valence electrons. The molecular formula is C12H16F2O. The first-order chi connectivity index (χ1) is 6.79. The van der Waals surface area contributed by atoms with Crippen molar-refractivity contribution in [3.63, 3.8) is 0 Å². The zero-order valence-electron chi connectivity index (χ0n) is 9.74. The number of ether oxygens (including phenoxy) is 1. The molecule has 0 unspecified atom stereocenters. The number of rotatable bonds is 1. The molecule has 0 atom stereocenters. The lowest BCUT2D eigenvalue weighted by Gasteiger charge is -2.22. The van der Waals surface area contributed by atoms with Gasteiger partial charge in [0.25, 0.3) is 0 Å². The third kappa shape index (κ3) is 2.11. The van der Waals surface area contributed by atoms with Crippen LogP contribution in [0.3, 0.4) is 0 Å². The number of hydrogen-bond donors (Lipinski definition) is 0. The summed E-state index contributed by atoms with van der Waals surface area (Å²) in [4.78, 5) is 0. The highest BCUT2D eigenvalue weighted by molar-refractivity contribution is 5.41. The van der Waals surface area contributed by atoms with Crippen molar-refractivity contribution in [2.45, 2.75) is 33.1 Å². The Morgan fingerprint density at radius 2 is 1.73 bits per heavy atom. The summed E-state index contributed by atoms with van der Waals surface area (Å²) in [6, 6.07) is 1.24. The highest BCUT2D eigenvalue weighted by Crippen LogP contribution is 2.33. The molecule has 0 aliphatic heterocycles. The molecule has 0 aliphatic rings. The van der Waals surface area contributed by atoms with E-state index in [1.165, 1.54) is 13.2 Å². The topological polar surface area (TPSA) is 9.23 Å². The maximum absolute atomic E-state index is 13.9. The Kier molecular flexibility index (Phi) is 3.03. The fourth-order valence-corrected chi connectivity index (χ4v) is 1.60. The minimum Gasteiger partial charge on any atom is -0.496 e. The Hall–Kier alpha value is -1.12. The number of methoxy groups -OCH3 is 1. The normalized spacial score (nSPS) is 11.7. The molecule has 0 fully saturated rings. The number of hydrogen-bond acceptors (Lipinski definition) is 1. The molecule has 0 N–H and O–H groups in total. The minimum atomic E-state index is -0.553. The van der Waals surface area contributed by atoms with Crippen molar-refractivity contribution in [2.75, 3.05) is 7.11 Å². The van der Waals surface area contributed by atoms with Crippen molar-refractivity contribution in [2.24, 2.45) is 0 Å². The van der Waals surface area contributed by atoms with Gasteiger partial charge in [0.15, 0.2) is 0 Å². The van der Waals surface area contributed by atoms with Crippen LogP contribution < -0.4 is 4.74 Å². The van der Waals surface area contributed by atoms with E-state index in [9.17, 15) is 8.78 Å². The SMILES string of the molecule is COc1cc(F)c(C(C)(C)C)c(F)c1C. The zero-order chi connectivity index (χ0) is 11.8. The van der Waals surface area contributed by atoms with E-state index in [1.807, 2.05) is 0 Å². The van der Waals surface area contributed by atoms with E-state index in [-0.39, 0.29) is 11.3 Å². The summed E-state index contributed by atoms with van der Waals surface area (Å²) in [7, 11) is 1.40. The summed E-state index contributed by atoms with van der Waals surface area (Å²) in [6.45, 7) is 6.92. The smallest absolute Gasteiger partial charge is 0.136 e. The molecule has 0 bridgehead atoms. The largest absolute Gasteiger partial charge is 0.496 e. The lowest BCUT2D eigenvalue weighted by atomic mass is 9.85. The third-order valence-electron chi connectivity index (χ3n) is 2.38. The Morgan fingerprint density at radius 1 is 1.20 bits per heavy atom. The van der Waals surface area contributed by atoms with Crippen LogP contribution in [0.2, 0.25) is 0 Å². The molecule has 0 heterocycles. The van der Waals surface area contributed by atoms with Crippen LogP contribution in [0.5, 0.6) is 5.75 Å². The minimum absolute atomic E-state index is 0.112. The van der Waals surface area contributed by atoms with Crippen molar-refractivity contribution in [3.8, 4) is 5.75 Å². The standard InChI is InChI=1S/C12H16F2O/c1-7-9(15-5)6-8(13)10(11(7)14)12(2,3)4/h6H,1-5H3. The molecule has 15 heavy (non-hydrogen) atoms. The molecule has 0 aliphatic carbocycles. The van der Waals surface area contributed by atoms with E-state index in [0.717, 1.165) is 0 Å². The summed E-state index contributed by atoms with van der Waals surface area (Å²) in [5.41, 5.74) is -0.0878. The van der Waals surface area contributed by atoms with Gasteiger partial charge in [-0.25, -0.2) is 8.78 Å². The second kappa shape index (κ2) is 3.80. The maximum Gasteiger partial charge on any atom is 0.136 e. The van der Waals surface area contributed by atoms with Crippen molar-refractivity contribution < 1.29 is 13.5 Å². The predicted octanol–water partition coefficient (Wildman–Crippen LogP) is 3.58. The number of halogens is 2. The van der Waals surface area contributed by atoms with Crippen LogP contribution >= 0.6 is 0 Å². The van der Waals surface area contributed by atoms with Crippen LogP contribution in [-0.4, -0.2) is 7.11 Å². The van der Waals surface area contributed by atoms with Crippen LogP contribution in [0.1, 0.15) is 31.9 Å². The van der Waals surface area contributed by atoms with E-state index < -0.39 is 17.0 Å². The van der Waals surface area contributed by atoms with Gasteiger partial charge in [-0.15, -0.1) is 0 Å². The molecule has 1 nitrogen and oxygen atoms in total. The van der Waals surface area contributed by atoms with Crippen molar-refractivity contribution in [3.05, 3.63) is 28.8 Å². The molecule has 0 saturated carbocycles. The zero-order valence-corrected chi connectivity index (χ0v) is 9.74. The van der Waals surface area contributed by atoms with Gasteiger partial charge < -0.3 is 4.74 Å². The van der Waals surface area contributed by atoms with Gasteiger partial charge in [0, 0.05) is 17.2 Å². The van der Waals surface area contributed by atoms with Crippen molar-refractivity contribution in [1.82, 2.24) is 0 Å². The highest BCUT2D eigenvalue weighted by atomic mass is 19.1. The Bertz CT molecular complexity index is 378. The van der Waals surface area contributed by atoms with E-state index in [4.69, 9.17) is 4.74 Å². The van der Waals surface area contributed by atoms with Gasteiger partial charge in [0.05, 0.1) is 7.11 Å². The van der Waals surface area contributed by atoms with Gasteiger partial charge in [0.2, 0.25) is 0 Å². The average Bonchev–Trinajstić information content (AvgIpc) is 2.09. The maximum atomic E-state index is 13.9. The van der Waals surface area contributed by atoms with Gasteiger partial charge in [0.1, 0.15) is 17.4 Å². The van der Waals surface area contributed by atoms with Gasteiger partial charge in [-0.1, -0.05) is 20.8 Å². The lowest BCUT2D eigenvalue weighted by molar-refractivity contribution is 0.394. The molecule has 0 radical (unpaired) electrons. The Balaban J connectivity index is 3.50. The predicted molar refractivity (Wildman–Crippen MR) is 56.3 cm³/mol. The van der Waals surface area contributed by atoms with Crippen LogP contribution in [0.15, 0.2) is 6.07 Å². The fourth-order valence-electron chi connectivity index (χ4n) is 1.60. The van der Waals surface area contributed by atoms with E-state index >= 15 is 0 Å². The lowest BCUT2D eigenvalue weighted by Crippen LogP contribution is -2.17. The van der Waals surface area contributed by atoms with Crippen molar-refractivity contribution in [1.29, 1.82) is 0 Å². The quantitative estimate of drug-likeness (QED) is 0.694. The van der Waals surface area contributed by atoms with Crippen LogP contribution in [0.4, 0.5) is 8.78 Å². The summed E-state index contributed by atoms with van der Waals surface area (Å²) < 4.78 is 32.4. The van der Waals surface area contributed by atoms with Gasteiger partial charge in [-0.05, 0) is 12.3 Å². The first-order valence-electron chi connectivity index (χ1n) is 4.82. The van der Waals surface area contributed by atoms with E-state index in [0.29, 0.717) is 5.56 Å². The molecule has 1 rings (SSSR count). The van der Waals surface area contributed by atoms with Crippen LogP contribution in [0, 0.1) is 18.6 Å². The van der Waals surface area contributed by atoms with E-state index in [2.05, 4.69) is 0 Å². The average molecular weight is 214 g/mol. The van der Waals surface area contributed by atoms with Gasteiger partial charge in [-0.2, -0.15) is 0 Å². The summed E-state index contributed by atoms with van der Waals surface area (Å²) in [5, 5.41) is 0. The fraction of sp³-hybridized carbons (Fsp3) is 0.500.